The second-order valence-electron chi connectivity index (χ2n) is 6.35. The van der Waals surface area contributed by atoms with Gasteiger partial charge in [0.2, 0.25) is 12.2 Å². The highest BCUT2D eigenvalue weighted by Gasteiger charge is 2.27. The van der Waals surface area contributed by atoms with Gasteiger partial charge in [0.1, 0.15) is 18.4 Å². The molecule has 0 spiro atoms. The summed E-state index contributed by atoms with van der Waals surface area (Å²) < 4.78 is 31.6. The van der Waals surface area contributed by atoms with Crippen molar-refractivity contribution in [2.24, 2.45) is 7.05 Å². The summed E-state index contributed by atoms with van der Waals surface area (Å²) in [5, 5.41) is 2.80. The Morgan fingerprint density at radius 1 is 1.31 bits per heavy atom. The summed E-state index contributed by atoms with van der Waals surface area (Å²) in [6.45, 7) is 3.61. The molecule has 1 unspecified atom stereocenters. The molecule has 1 aliphatic heterocycles. The summed E-state index contributed by atoms with van der Waals surface area (Å²) in [6.07, 6.45) is 8.10. The summed E-state index contributed by atoms with van der Waals surface area (Å²) in [5.41, 5.74) is 2.06. The summed E-state index contributed by atoms with van der Waals surface area (Å²) in [4.78, 5) is 13.4. The van der Waals surface area contributed by atoms with Crippen LogP contribution in [0.2, 0.25) is 0 Å². The molecule has 1 saturated heterocycles. The Hall–Kier alpha value is -2.39. The summed E-state index contributed by atoms with van der Waals surface area (Å²) in [6, 6.07) is 8.59. The van der Waals surface area contributed by atoms with Gasteiger partial charge in [-0.25, -0.2) is 17.6 Å². The first-order valence-corrected chi connectivity index (χ1v) is 9.99. The van der Waals surface area contributed by atoms with Crippen LogP contribution in [0.25, 0.3) is 0 Å². The van der Waals surface area contributed by atoms with Crippen molar-refractivity contribution in [3.8, 4) is 0 Å². The Morgan fingerprint density at radius 2 is 1.92 bits per heavy atom. The normalized spacial score (nSPS) is 16.8. The number of nitrogens with one attached hydrogen (secondary N) is 1. The highest BCUT2D eigenvalue weighted by atomic mass is 32.2. The van der Waals surface area contributed by atoms with Gasteiger partial charge in [-0.3, -0.25) is 4.79 Å². The van der Waals surface area contributed by atoms with Crippen molar-refractivity contribution >= 4 is 27.4 Å². The third-order valence-electron chi connectivity index (χ3n) is 3.93. The summed E-state index contributed by atoms with van der Waals surface area (Å²) in [5.74, 6) is -0.0375. The topological polar surface area (TPSA) is 98.4 Å². The number of aromatic nitrogens is 2. The lowest BCUT2D eigenvalue weighted by Gasteiger charge is -2.18. The number of hydrogen-bond donors (Lipinski definition) is 1. The zero-order chi connectivity index (χ0) is 19.3. The minimum absolute atomic E-state index is 0.0375. The van der Waals surface area contributed by atoms with Crippen LogP contribution in [0, 0.1) is 0 Å². The molecule has 8 nitrogen and oxygen atoms in total. The van der Waals surface area contributed by atoms with Crippen LogP contribution in [0.1, 0.15) is 19.4 Å². The second kappa shape index (κ2) is 8.33. The molecule has 0 aliphatic carbocycles. The number of carbonyl (C=O) groups is 1. The summed E-state index contributed by atoms with van der Waals surface area (Å²) in [7, 11) is -1.87. The maximum atomic E-state index is 11.0. The monoisotopic (exact) mass is 380 g/mol. The van der Waals surface area contributed by atoms with Crippen LogP contribution in [0.4, 0.5) is 11.4 Å². The number of hydrogen-bond acceptors (Lipinski definition) is 5. The fourth-order valence-corrected chi connectivity index (χ4v) is 2.86. The van der Waals surface area contributed by atoms with E-state index in [4.69, 9.17) is 13.0 Å². The van der Waals surface area contributed by atoms with Crippen LogP contribution >= 0.6 is 0 Å². The smallest absolute Gasteiger partial charge is 0.243 e. The van der Waals surface area contributed by atoms with E-state index in [1.807, 2.05) is 19.2 Å². The quantitative estimate of drug-likeness (QED) is 0.630. The largest absolute Gasteiger partial charge is 0.748 e. The van der Waals surface area contributed by atoms with Crippen LogP contribution in [-0.4, -0.2) is 42.8 Å². The lowest BCUT2D eigenvalue weighted by atomic mass is 10.2. The van der Waals surface area contributed by atoms with Gasteiger partial charge in [-0.05, 0) is 24.3 Å². The SMILES string of the molecule is CC(=O)Nc1ccc(N2CCC(n3cc[n+](C)c3)C2)cc1.CS(=O)(=O)[O-]. The van der Waals surface area contributed by atoms with Crippen LogP contribution in [0.5, 0.6) is 0 Å². The molecule has 1 atom stereocenters. The van der Waals surface area contributed by atoms with E-state index >= 15 is 0 Å². The molecule has 1 aromatic carbocycles. The lowest BCUT2D eigenvalue weighted by molar-refractivity contribution is -0.671. The molecule has 2 heterocycles. The summed E-state index contributed by atoms with van der Waals surface area (Å²) >= 11 is 0. The number of benzene rings is 1. The van der Waals surface area contributed by atoms with E-state index in [-0.39, 0.29) is 5.91 Å². The van der Waals surface area contributed by atoms with Crippen LogP contribution in [0.3, 0.4) is 0 Å². The molecule has 2 aromatic rings. The van der Waals surface area contributed by atoms with Gasteiger partial charge >= 0.3 is 0 Å². The minimum Gasteiger partial charge on any atom is -0.748 e. The molecule has 0 bridgehead atoms. The third kappa shape index (κ3) is 6.49. The number of nitrogens with zero attached hydrogens (tertiary/aromatic N) is 3. The average Bonchev–Trinajstić information content (AvgIpc) is 3.14. The van der Waals surface area contributed by atoms with Gasteiger partial charge in [0, 0.05) is 37.5 Å². The molecule has 1 fully saturated rings. The predicted octanol–water partition coefficient (Wildman–Crippen LogP) is 0.884. The molecule has 1 aliphatic rings. The molecular formula is C17H24N4O4S. The van der Waals surface area contributed by atoms with Gasteiger partial charge in [-0.1, -0.05) is 0 Å². The van der Waals surface area contributed by atoms with E-state index in [0.29, 0.717) is 12.3 Å². The Morgan fingerprint density at radius 3 is 2.42 bits per heavy atom. The second-order valence-corrected chi connectivity index (χ2v) is 7.76. The Balaban J connectivity index is 0.000000431. The molecule has 9 heteroatoms. The predicted molar refractivity (Wildman–Crippen MR) is 97.8 cm³/mol. The zero-order valence-corrected chi connectivity index (χ0v) is 15.9. The highest BCUT2D eigenvalue weighted by Crippen LogP contribution is 2.27. The number of aryl methyl sites for hydroxylation is 1. The standard InChI is InChI=1S/C16H20N4O.CH4O3S/c1-13(21)17-14-3-5-15(6-4-14)19-8-7-16(11-19)20-10-9-18(2)12-20;1-5(2,3)4/h3-6,9-10,12,16H,7-8,11H2,1-2H3;1H3,(H,2,3,4). The maximum absolute atomic E-state index is 11.0. The van der Waals surface area contributed by atoms with Crippen molar-refractivity contribution in [3.63, 3.8) is 0 Å². The molecule has 142 valence electrons. The number of imidazole rings is 1. The van der Waals surface area contributed by atoms with Crippen LogP contribution in [-0.2, 0) is 22.0 Å². The van der Waals surface area contributed by atoms with E-state index in [1.165, 1.54) is 12.6 Å². The number of carbonyl (C=O) groups excluding carboxylic acids is 1. The van der Waals surface area contributed by atoms with Gasteiger partial charge < -0.3 is 14.8 Å². The first-order chi connectivity index (χ1) is 12.1. The molecule has 26 heavy (non-hydrogen) atoms. The van der Waals surface area contributed by atoms with E-state index in [9.17, 15) is 4.79 Å². The van der Waals surface area contributed by atoms with Gasteiger partial charge in [-0.2, -0.15) is 0 Å². The number of rotatable bonds is 3. The third-order valence-corrected chi connectivity index (χ3v) is 3.93. The van der Waals surface area contributed by atoms with Crippen molar-refractivity contribution in [1.29, 1.82) is 0 Å². The molecule has 1 N–H and O–H groups in total. The van der Waals surface area contributed by atoms with Crippen LogP contribution < -0.4 is 14.8 Å². The first kappa shape index (κ1) is 19.9. The number of amides is 1. The van der Waals surface area contributed by atoms with E-state index in [1.54, 1.807) is 0 Å². The fraction of sp³-hybridized carbons (Fsp3) is 0.412. The zero-order valence-electron chi connectivity index (χ0n) is 15.1. The van der Waals surface area contributed by atoms with Gasteiger partial charge in [0.05, 0.1) is 23.7 Å². The Labute approximate surface area is 153 Å². The molecule has 3 rings (SSSR count). The van der Waals surface area contributed by atoms with Crippen molar-refractivity contribution < 1.29 is 22.3 Å². The highest BCUT2D eigenvalue weighted by molar-refractivity contribution is 7.84. The van der Waals surface area contributed by atoms with E-state index < -0.39 is 10.1 Å². The van der Waals surface area contributed by atoms with Gasteiger partial charge in [-0.15, -0.1) is 0 Å². The van der Waals surface area contributed by atoms with Gasteiger partial charge in [0.15, 0.2) is 0 Å². The molecule has 0 saturated carbocycles. The van der Waals surface area contributed by atoms with Crippen molar-refractivity contribution in [2.45, 2.75) is 19.4 Å². The molecule has 0 radical (unpaired) electrons. The molecule has 1 amide bonds. The fourth-order valence-electron chi connectivity index (χ4n) is 2.86. The Bertz CT molecular complexity index is 838. The number of anilines is 2. The van der Waals surface area contributed by atoms with Crippen molar-refractivity contribution in [2.75, 3.05) is 29.6 Å². The van der Waals surface area contributed by atoms with Crippen LogP contribution in [0.15, 0.2) is 43.0 Å². The van der Waals surface area contributed by atoms with Crippen molar-refractivity contribution in [3.05, 3.63) is 43.0 Å². The first-order valence-electron chi connectivity index (χ1n) is 8.18. The van der Waals surface area contributed by atoms with E-state index in [2.05, 4.69) is 50.2 Å². The van der Waals surface area contributed by atoms with Crippen molar-refractivity contribution in [1.82, 2.24) is 4.57 Å². The molecular weight excluding hydrogens is 356 g/mol. The molecule has 1 aromatic heterocycles. The Kier molecular flexibility index (Phi) is 6.38. The van der Waals surface area contributed by atoms with E-state index in [0.717, 1.165) is 25.2 Å². The maximum Gasteiger partial charge on any atom is 0.243 e. The lowest BCUT2D eigenvalue weighted by Crippen LogP contribution is -2.25. The minimum atomic E-state index is -3.92. The van der Waals surface area contributed by atoms with Gasteiger partial charge in [0.25, 0.3) is 0 Å². The average molecular weight is 380 g/mol.